The summed E-state index contributed by atoms with van der Waals surface area (Å²) in [7, 11) is 1.53. The van der Waals surface area contributed by atoms with Crippen LogP contribution in [0.25, 0.3) is 0 Å². The van der Waals surface area contributed by atoms with Crippen molar-refractivity contribution in [3.05, 3.63) is 48.2 Å². The van der Waals surface area contributed by atoms with Crippen LogP contribution >= 0.6 is 11.8 Å². The molecule has 0 saturated heterocycles. The Morgan fingerprint density at radius 3 is 2.86 bits per heavy atom. The van der Waals surface area contributed by atoms with Crippen LogP contribution in [0.3, 0.4) is 0 Å². The van der Waals surface area contributed by atoms with Gasteiger partial charge in [-0.2, -0.15) is 0 Å². The Morgan fingerprint density at radius 1 is 1.45 bits per heavy atom. The Hall–Kier alpha value is -1.99. The summed E-state index contributed by atoms with van der Waals surface area (Å²) in [6.45, 7) is 0.265. The minimum absolute atomic E-state index is 0.265. The van der Waals surface area contributed by atoms with Gasteiger partial charge in [0.2, 0.25) is 0 Å². The zero-order chi connectivity index (χ0) is 15.9. The van der Waals surface area contributed by atoms with Gasteiger partial charge >= 0.3 is 6.03 Å². The maximum absolute atomic E-state index is 13.7. The molecule has 22 heavy (non-hydrogen) atoms. The lowest BCUT2D eigenvalue weighted by Crippen LogP contribution is -2.34. The normalized spacial score (nSPS) is 12.0. The molecule has 0 saturated carbocycles. The minimum atomic E-state index is -0.463. The summed E-state index contributed by atoms with van der Waals surface area (Å²) in [4.78, 5) is 12.5. The number of nitrogens with one attached hydrogen (secondary N) is 2. The predicted octanol–water partition coefficient (Wildman–Crippen LogP) is 3.65. The van der Waals surface area contributed by atoms with Crippen molar-refractivity contribution >= 4 is 23.5 Å². The van der Waals surface area contributed by atoms with E-state index >= 15 is 0 Å². The number of hydrogen-bond acceptors (Lipinski definition) is 4. The van der Waals surface area contributed by atoms with Crippen LogP contribution in [0.4, 0.5) is 14.9 Å². The summed E-state index contributed by atoms with van der Waals surface area (Å²) >= 11 is 1.31. The molecule has 2 amide bonds. The third kappa shape index (κ3) is 4.25. The third-order valence-corrected chi connectivity index (χ3v) is 3.71. The number of carbonyl (C=O) groups excluding carboxylic acids is 1. The predicted molar refractivity (Wildman–Crippen MR) is 83.7 cm³/mol. The van der Waals surface area contributed by atoms with Gasteiger partial charge in [0.15, 0.2) is 0 Å². The van der Waals surface area contributed by atoms with Gasteiger partial charge in [-0.15, -0.1) is 11.8 Å². The van der Waals surface area contributed by atoms with E-state index in [1.54, 1.807) is 30.5 Å². The first-order valence-corrected chi connectivity index (χ1v) is 7.80. The van der Waals surface area contributed by atoms with Crippen molar-refractivity contribution in [3.63, 3.8) is 0 Å². The van der Waals surface area contributed by atoms with Crippen molar-refractivity contribution in [2.75, 3.05) is 25.3 Å². The van der Waals surface area contributed by atoms with Crippen molar-refractivity contribution in [3.8, 4) is 0 Å². The van der Waals surface area contributed by atoms with Crippen molar-refractivity contribution in [2.45, 2.75) is 10.9 Å². The molecule has 5 nitrogen and oxygen atoms in total. The van der Waals surface area contributed by atoms with Gasteiger partial charge in [-0.25, -0.2) is 9.18 Å². The molecule has 118 valence electrons. The van der Waals surface area contributed by atoms with Gasteiger partial charge in [0.05, 0.1) is 12.9 Å². The van der Waals surface area contributed by atoms with Crippen LogP contribution in [0, 0.1) is 5.82 Å². The number of furan rings is 1. The van der Waals surface area contributed by atoms with Crippen molar-refractivity contribution in [1.82, 2.24) is 5.32 Å². The first-order valence-electron chi connectivity index (χ1n) is 6.57. The molecule has 1 aromatic carbocycles. The first kappa shape index (κ1) is 16.4. The number of benzene rings is 1. The fraction of sp³-hybridized carbons (Fsp3) is 0.267. The lowest BCUT2D eigenvalue weighted by molar-refractivity contribution is 0.159. The smallest absolute Gasteiger partial charge is 0.319 e. The van der Waals surface area contributed by atoms with E-state index in [0.29, 0.717) is 16.3 Å². The van der Waals surface area contributed by atoms with E-state index in [1.165, 1.54) is 31.2 Å². The van der Waals surface area contributed by atoms with Crippen molar-refractivity contribution in [1.29, 1.82) is 0 Å². The highest BCUT2D eigenvalue weighted by Gasteiger charge is 2.17. The molecule has 2 rings (SSSR count). The van der Waals surface area contributed by atoms with E-state index in [2.05, 4.69) is 10.6 Å². The van der Waals surface area contributed by atoms with E-state index in [-0.39, 0.29) is 12.4 Å². The summed E-state index contributed by atoms with van der Waals surface area (Å²) in [6.07, 6.45) is 3.31. The maximum atomic E-state index is 13.7. The van der Waals surface area contributed by atoms with Gasteiger partial charge in [-0.1, -0.05) is 0 Å². The van der Waals surface area contributed by atoms with Gasteiger partial charge in [-0.3, -0.25) is 0 Å². The fourth-order valence-corrected chi connectivity index (χ4v) is 2.38. The Kier molecular flexibility index (Phi) is 5.85. The molecule has 7 heteroatoms. The summed E-state index contributed by atoms with van der Waals surface area (Å²) in [5.41, 5.74) is 0.378. The fourth-order valence-electron chi connectivity index (χ4n) is 1.92. The largest absolute Gasteiger partial charge is 0.467 e. The quantitative estimate of drug-likeness (QED) is 0.796. The van der Waals surface area contributed by atoms with Crippen LogP contribution in [-0.4, -0.2) is 26.0 Å². The number of methoxy groups -OCH3 is 1. The monoisotopic (exact) mass is 324 g/mol. The summed E-state index contributed by atoms with van der Waals surface area (Å²) < 4.78 is 24.0. The average Bonchev–Trinajstić information content (AvgIpc) is 3.01. The van der Waals surface area contributed by atoms with E-state index in [4.69, 9.17) is 9.15 Å². The highest BCUT2D eigenvalue weighted by atomic mass is 32.2. The van der Waals surface area contributed by atoms with Crippen LogP contribution in [0.2, 0.25) is 0 Å². The van der Waals surface area contributed by atoms with Gasteiger partial charge in [-0.05, 0) is 36.6 Å². The Labute approximate surface area is 132 Å². The molecule has 0 radical (unpaired) electrons. The molecule has 0 spiro atoms. The third-order valence-electron chi connectivity index (χ3n) is 2.93. The minimum Gasteiger partial charge on any atom is -0.467 e. The number of thioether (sulfide) groups is 1. The SMILES string of the molecule is COC[C@@H](NC(=O)Nc1ccc(SC)c(F)c1)c1ccco1. The van der Waals surface area contributed by atoms with E-state index < -0.39 is 12.1 Å². The highest BCUT2D eigenvalue weighted by Crippen LogP contribution is 2.22. The summed E-state index contributed by atoms with van der Waals surface area (Å²) in [5, 5.41) is 5.31. The van der Waals surface area contributed by atoms with Gasteiger partial charge < -0.3 is 19.8 Å². The molecular weight excluding hydrogens is 307 g/mol. The topological polar surface area (TPSA) is 63.5 Å². The Balaban J connectivity index is 2.00. The van der Waals surface area contributed by atoms with E-state index in [9.17, 15) is 9.18 Å². The number of ether oxygens (including phenoxy) is 1. The van der Waals surface area contributed by atoms with E-state index in [1.807, 2.05) is 0 Å². The Bertz CT molecular complexity index is 619. The van der Waals surface area contributed by atoms with Crippen LogP contribution < -0.4 is 10.6 Å². The molecule has 1 atom stereocenters. The lowest BCUT2D eigenvalue weighted by Gasteiger charge is -2.16. The number of carbonyl (C=O) groups is 1. The average molecular weight is 324 g/mol. The van der Waals surface area contributed by atoms with Gasteiger partial charge in [0, 0.05) is 17.7 Å². The number of hydrogen-bond donors (Lipinski definition) is 2. The highest BCUT2D eigenvalue weighted by molar-refractivity contribution is 7.98. The number of rotatable bonds is 6. The van der Waals surface area contributed by atoms with Crippen LogP contribution in [0.1, 0.15) is 11.8 Å². The number of halogens is 1. The lowest BCUT2D eigenvalue weighted by atomic mass is 10.2. The Morgan fingerprint density at radius 2 is 2.27 bits per heavy atom. The summed E-state index contributed by atoms with van der Waals surface area (Å²) in [6, 6.07) is 7.14. The molecular formula is C15H17FN2O3S. The van der Waals surface area contributed by atoms with Gasteiger partial charge in [0.25, 0.3) is 0 Å². The summed E-state index contributed by atoms with van der Waals surface area (Å²) in [5.74, 6) is 0.214. The molecule has 0 unspecified atom stereocenters. The molecule has 1 aromatic heterocycles. The first-order chi connectivity index (χ1) is 10.6. The van der Waals surface area contributed by atoms with Crippen LogP contribution in [0.5, 0.6) is 0 Å². The molecule has 1 heterocycles. The number of anilines is 1. The molecule has 0 bridgehead atoms. The molecule has 0 aliphatic heterocycles. The maximum Gasteiger partial charge on any atom is 0.319 e. The molecule has 2 N–H and O–H groups in total. The van der Waals surface area contributed by atoms with Gasteiger partial charge in [0.1, 0.15) is 17.6 Å². The van der Waals surface area contributed by atoms with Crippen LogP contribution in [0.15, 0.2) is 45.9 Å². The second-order valence-corrected chi connectivity index (χ2v) is 5.32. The van der Waals surface area contributed by atoms with Crippen molar-refractivity contribution in [2.24, 2.45) is 0 Å². The zero-order valence-corrected chi connectivity index (χ0v) is 13.1. The van der Waals surface area contributed by atoms with Crippen LogP contribution in [-0.2, 0) is 4.74 Å². The molecule has 0 fully saturated rings. The van der Waals surface area contributed by atoms with Crippen molar-refractivity contribution < 1.29 is 18.3 Å². The standard InChI is InChI=1S/C15H17FN2O3S/c1-20-9-12(13-4-3-7-21-13)18-15(19)17-10-5-6-14(22-2)11(16)8-10/h3-8,12H,9H2,1-2H3,(H2,17,18,19)/t12-/m1/s1. The molecule has 0 aliphatic rings. The molecule has 2 aromatic rings. The second kappa shape index (κ2) is 7.86. The van der Waals surface area contributed by atoms with E-state index in [0.717, 1.165) is 0 Å². The zero-order valence-electron chi connectivity index (χ0n) is 12.3. The number of urea groups is 1. The number of amides is 2. The molecule has 0 aliphatic carbocycles. The second-order valence-electron chi connectivity index (χ2n) is 4.47.